The first-order chi connectivity index (χ1) is 18.0. The molecule has 5 rings (SSSR count). The van der Waals surface area contributed by atoms with E-state index in [1.165, 1.54) is 12.3 Å². The number of carbonyl (C=O) groups excluding carboxylic acids is 1. The van der Waals surface area contributed by atoms with E-state index in [4.69, 9.17) is 5.73 Å². The molecular weight excluding hydrogens is 488 g/mol. The number of benzene rings is 1. The van der Waals surface area contributed by atoms with E-state index in [0.29, 0.717) is 40.9 Å². The SMILES string of the molecule is Cc1cc2c(F)cc(-c3nc(Nc4ccc(C(=O)N5CCC(C)(N)CC5)cn4)ncc3F)cc2n1C(C)C. The topological polar surface area (TPSA) is 102 Å². The Morgan fingerprint density at radius 1 is 1.08 bits per heavy atom. The highest BCUT2D eigenvalue weighted by molar-refractivity contribution is 5.94. The van der Waals surface area contributed by atoms with Gasteiger partial charge in [-0.15, -0.1) is 0 Å². The van der Waals surface area contributed by atoms with Gasteiger partial charge in [0.2, 0.25) is 5.95 Å². The number of rotatable bonds is 5. The second-order valence-electron chi connectivity index (χ2n) is 10.5. The van der Waals surface area contributed by atoms with E-state index >= 15 is 4.39 Å². The largest absolute Gasteiger partial charge is 0.342 e. The fourth-order valence-corrected chi connectivity index (χ4v) is 4.98. The number of hydrogen-bond donors (Lipinski definition) is 2. The minimum atomic E-state index is -0.669. The summed E-state index contributed by atoms with van der Waals surface area (Å²) < 4.78 is 31.8. The van der Waals surface area contributed by atoms with Gasteiger partial charge in [0.05, 0.1) is 17.3 Å². The van der Waals surface area contributed by atoms with Crippen molar-refractivity contribution in [3.63, 3.8) is 0 Å². The second-order valence-corrected chi connectivity index (χ2v) is 10.5. The molecule has 0 radical (unpaired) electrons. The zero-order valence-corrected chi connectivity index (χ0v) is 21.9. The van der Waals surface area contributed by atoms with Gasteiger partial charge in [0.15, 0.2) is 5.82 Å². The number of nitrogens with one attached hydrogen (secondary N) is 1. The summed E-state index contributed by atoms with van der Waals surface area (Å²) in [7, 11) is 0. The first-order valence-corrected chi connectivity index (χ1v) is 12.7. The van der Waals surface area contributed by atoms with Crippen molar-refractivity contribution < 1.29 is 13.6 Å². The Balaban J connectivity index is 1.38. The molecule has 8 nitrogen and oxygen atoms in total. The summed E-state index contributed by atoms with van der Waals surface area (Å²) in [6.07, 6.45) is 4.02. The van der Waals surface area contributed by atoms with Gasteiger partial charge in [-0.2, -0.15) is 0 Å². The van der Waals surface area contributed by atoms with Gasteiger partial charge in [0.1, 0.15) is 17.3 Å². The van der Waals surface area contributed by atoms with E-state index < -0.39 is 11.6 Å². The van der Waals surface area contributed by atoms with E-state index in [-0.39, 0.29) is 29.1 Å². The Hall–Kier alpha value is -3.92. The molecule has 0 unspecified atom stereocenters. The van der Waals surface area contributed by atoms with Gasteiger partial charge in [0.25, 0.3) is 5.91 Å². The third-order valence-electron chi connectivity index (χ3n) is 7.08. The van der Waals surface area contributed by atoms with Crippen LogP contribution in [0.3, 0.4) is 0 Å². The van der Waals surface area contributed by atoms with Crippen molar-refractivity contribution >= 4 is 28.6 Å². The number of anilines is 2. The molecule has 0 bridgehead atoms. The van der Waals surface area contributed by atoms with Crippen LogP contribution < -0.4 is 11.1 Å². The number of nitrogens with two attached hydrogens (primary N) is 1. The molecule has 1 amide bonds. The molecule has 4 aromatic rings. The quantitative estimate of drug-likeness (QED) is 0.368. The number of amides is 1. The Kier molecular flexibility index (Phi) is 6.60. The van der Waals surface area contributed by atoms with E-state index in [1.807, 2.05) is 32.3 Å². The zero-order chi connectivity index (χ0) is 27.2. The summed E-state index contributed by atoms with van der Waals surface area (Å²) in [6.45, 7) is 9.15. The van der Waals surface area contributed by atoms with Gasteiger partial charge < -0.3 is 20.5 Å². The van der Waals surface area contributed by atoms with Crippen LogP contribution in [0.25, 0.3) is 22.2 Å². The van der Waals surface area contributed by atoms with Gasteiger partial charge in [-0.25, -0.2) is 23.7 Å². The first-order valence-electron chi connectivity index (χ1n) is 12.7. The molecule has 0 spiro atoms. The molecule has 1 aromatic carbocycles. The lowest BCUT2D eigenvalue weighted by Gasteiger charge is -2.36. The number of likely N-dealkylation sites (tertiary alicyclic amines) is 1. The van der Waals surface area contributed by atoms with Crippen molar-refractivity contribution in [2.75, 3.05) is 18.4 Å². The minimum Gasteiger partial charge on any atom is -0.342 e. The molecule has 0 atom stereocenters. The van der Waals surface area contributed by atoms with Crippen molar-refractivity contribution in [2.24, 2.45) is 5.73 Å². The van der Waals surface area contributed by atoms with Gasteiger partial charge >= 0.3 is 0 Å². The highest BCUT2D eigenvalue weighted by atomic mass is 19.1. The fraction of sp³-hybridized carbons (Fsp3) is 0.357. The van der Waals surface area contributed by atoms with Crippen LogP contribution in [0, 0.1) is 18.6 Å². The van der Waals surface area contributed by atoms with Gasteiger partial charge in [-0.1, -0.05) is 0 Å². The Morgan fingerprint density at radius 2 is 1.82 bits per heavy atom. The molecule has 4 heterocycles. The number of pyridine rings is 1. The van der Waals surface area contributed by atoms with Crippen molar-refractivity contribution in [3.05, 3.63) is 65.6 Å². The molecule has 3 aromatic heterocycles. The molecule has 0 aliphatic carbocycles. The van der Waals surface area contributed by atoms with E-state index in [9.17, 15) is 9.18 Å². The zero-order valence-electron chi connectivity index (χ0n) is 21.9. The van der Waals surface area contributed by atoms with E-state index in [2.05, 4.69) is 20.3 Å². The van der Waals surface area contributed by atoms with Crippen LogP contribution in [-0.4, -0.2) is 49.0 Å². The van der Waals surface area contributed by atoms with Crippen LogP contribution in [-0.2, 0) is 0 Å². The van der Waals surface area contributed by atoms with Crippen LogP contribution in [0.5, 0.6) is 0 Å². The third-order valence-corrected chi connectivity index (χ3v) is 7.08. The standard InChI is InChI=1S/C28H31F2N7O/c1-16(2)37-17(3)11-20-21(29)12-19(13-23(20)37)25-22(30)15-33-27(35-25)34-24-6-5-18(14-32-24)26(38)36-9-7-28(4,31)8-10-36/h5-6,11-16H,7-10,31H2,1-4H3,(H,32,33,34,35). The smallest absolute Gasteiger partial charge is 0.255 e. The van der Waals surface area contributed by atoms with Crippen LogP contribution in [0.4, 0.5) is 20.5 Å². The molecular formula is C28H31F2N7O. The van der Waals surface area contributed by atoms with Crippen LogP contribution in [0.1, 0.15) is 55.7 Å². The fourth-order valence-electron chi connectivity index (χ4n) is 4.98. The summed E-state index contributed by atoms with van der Waals surface area (Å²) in [4.78, 5) is 27.3. The lowest BCUT2D eigenvalue weighted by Crippen LogP contribution is -2.49. The lowest BCUT2D eigenvalue weighted by molar-refractivity contribution is 0.0680. The van der Waals surface area contributed by atoms with Gasteiger partial charge in [-0.3, -0.25) is 4.79 Å². The highest BCUT2D eigenvalue weighted by Gasteiger charge is 2.29. The molecule has 1 saturated heterocycles. The van der Waals surface area contributed by atoms with Crippen molar-refractivity contribution in [2.45, 2.75) is 52.1 Å². The van der Waals surface area contributed by atoms with Crippen molar-refractivity contribution in [3.8, 4) is 11.3 Å². The predicted octanol–water partition coefficient (Wildman–Crippen LogP) is 5.36. The van der Waals surface area contributed by atoms with Crippen LogP contribution >= 0.6 is 0 Å². The maximum absolute atomic E-state index is 15.0. The Morgan fingerprint density at radius 3 is 2.47 bits per heavy atom. The number of carbonyl (C=O) groups is 1. The monoisotopic (exact) mass is 519 g/mol. The predicted molar refractivity (Wildman–Crippen MR) is 143 cm³/mol. The molecule has 1 aliphatic heterocycles. The Labute approximate surface area is 219 Å². The lowest BCUT2D eigenvalue weighted by atomic mass is 9.91. The number of fused-ring (bicyclic) bond motifs is 1. The maximum Gasteiger partial charge on any atom is 0.255 e. The van der Waals surface area contributed by atoms with Gasteiger partial charge in [-0.05, 0) is 70.9 Å². The molecule has 38 heavy (non-hydrogen) atoms. The van der Waals surface area contributed by atoms with E-state index in [1.54, 1.807) is 29.2 Å². The molecule has 1 aliphatic rings. The van der Waals surface area contributed by atoms with Crippen molar-refractivity contribution in [1.82, 2.24) is 24.4 Å². The summed E-state index contributed by atoms with van der Waals surface area (Å²) in [5, 5.41) is 3.42. The maximum atomic E-state index is 15.0. The molecule has 3 N–H and O–H groups in total. The highest BCUT2D eigenvalue weighted by Crippen LogP contribution is 2.32. The first kappa shape index (κ1) is 25.7. The van der Waals surface area contributed by atoms with E-state index in [0.717, 1.165) is 24.7 Å². The molecule has 1 fully saturated rings. The molecule has 198 valence electrons. The second kappa shape index (κ2) is 9.75. The minimum absolute atomic E-state index is 0.0266. The molecule has 0 saturated carbocycles. The average Bonchev–Trinajstić information content (AvgIpc) is 3.22. The normalized spacial score (nSPS) is 15.3. The number of aromatic nitrogens is 4. The Bertz CT molecular complexity index is 1500. The van der Waals surface area contributed by atoms with Crippen LogP contribution in [0.2, 0.25) is 0 Å². The molecule has 10 heteroatoms. The van der Waals surface area contributed by atoms with Gasteiger partial charge in [0, 0.05) is 47.5 Å². The summed E-state index contributed by atoms with van der Waals surface area (Å²) >= 11 is 0. The summed E-state index contributed by atoms with van der Waals surface area (Å²) in [6, 6.07) is 8.23. The number of piperidine rings is 1. The number of hydrogen-bond acceptors (Lipinski definition) is 6. The summed E-state index contributed by atoms with van der Waals surface area (Å²) in [5.74, 6) is -0.726. The number of aryl methyl sites for hydroxylation is 1. The third kappa shape index (κ3) is 4.96. The van der Waals surface area contributed by atoms with Crippen LogP contribution in [0.15, 0.2) is 42.7 Å². The number of nitrogens with zero attached hydrogens (tertiary/aromatic N) is 5. The summed E-state index contributed by atoms with van der Waals surface area (Å²) in [5.41, 5.74) is 8.26. The number of halogens is 2. The average molecular weight is 520 g/mol. The van der Waals surface area contributed by atoms with Crippen molar-refractivity contribution in [1.29, 1.82) is 0 Å².